The number of Topliss-reactive ketones (excluding diaryl/α,β-unsaturated/α-hetero) is 1. The van der Waals surface area contributed by atoms with Gasteiger partial charge in [-0.05, 0) is 62.0 Å². The molecule has 4 saturated heterocycles. The highest BCUT2D eigenvalue weighted by atomic mass is 16.5. The Morgan fingerprint density at radius 3 is 1.52 bits per heavy atom. The molecule has 2 N–H and O–H groups in total. The molecule has 0 spiro atoms. The number of likely N-dealkylation sites (tertiary alicyclic amines) is 2. The van der Waals surface area contributed by atoms with Crippen molar-refractivity contribution in [3.05, 3.63) is 61.4 Å². The molecule has 316 valence electrons. The summed E-state index contributed by atoms with van der Waals surface area (Å²) in [5, 5.41) is 4.51. The number of nitrogens with zero attached hydrogens (tertiary/aromatic N) is 10. The predicted octanol–water partition coefficient (Wildman–Crippen LogP) is 3.72. The average molecular weight is 815 g/mol. The number of rotatable bonds is 14. The maximum Gasteiger partial charge on any atom is 0.169 e. The molecule has 60 heavy (non-hydrogen) atoms. The van der Waals surface area contributed by atoms with Crippen molar-refractivity contribution in [1.82, 2.24) is 49.5 Å². The normalized spacial score (nSPS) is 22.6. The van der Waals surface area contributed by atoms with Crippen molar-refractivity contribution in [2.45, 2.75) is 24.9 Å². The second-order valence-corrected chi connectivity index (χ2v) is 17.4. The minimum atomic E-state index is -0.180. The van der Waals surface area contributed by atoms with E-state index in [1.807, 2.05) is 37.2 Å². The number of piperazine rings is 2. The van der Waals surface area contributed by atoms with E-state index in [4.69, 9.17) is 9.47 Å². The molecule has 0 aliphatic carbocycles. The van der Waals surface area contributed by atoms with E-state index in [-0.39, 0.29) is 12.1 Å². The summed E-state index contributed by atoms with van der Waals surface area (Å²) in [6.45, 7) is 13.8. The van der Waals surface area contributed by atoms with Crippen molar-refractivity contribution in [2.75, 3.05) is 129 Å². The fourth-order valence-corrected chi connectivity index (χ4v) is 10.7. The number of pyridine rings is 4. The molecular formula is C45H58N12O3. The molecule has 6 aromatic rings. The van der Waals surface area contributed by atoms with Crippen LogP contribution in [0.25, 0.3) is 43.9 Å². The van der Waals surface area contributed by atoms with E-state index < -0.39 is 0 Å². The minimum absolute atomic E-state index is 0.180. The molecule has 4 unspecified atom stereocenters. The van der Waals surface area contributed by atoms with Gasteiger partial charge in [-0.1, -0.05) is 0 Å². The Balaban J connectivity index is 0.872. The van der Waals surface area contributed by atoms with E-state index in [1.54, 1.807) is 14.2 Å². The van der Waals surface area contributed by atoms with Crippen LogP contribution < -0.4 is 9.80 Å². The summed E-state index contributed by atoms with van der Waals surface area (Å²) in [5.41, 5.74) is 6.02. The van der Waals surface area contributed by atoms with Gasteiger partial charge in [0.1, 0.15) is 0 Å². The van der Waals surface area contributed by atoms with Gasteiger partial charge in [-0.15, -0.1) is 0 Å². The Bertz CT molecular complexity index is 2260. The molecule has 0 saturated carbocycles. The maximum absolute atomic E-state index is 15.5. The van der Waals surface area contributed by atoms with E-state index in [9.17, 15) is 0 Å². The maximum atomic E-state index is 15.5. The van der Waals surface area contributed by atoms with Crippen LogP contribution in [0, 0.1) is 11.8 Å². The van der Waals surface area contributed by atoms with Gasteiger partial charge in [-0.2, -0.15) is 0 Å². The van der Waals surface area contributed by atoms with Crippen LogP contribution in [-0.4, -0.2) is 186 Å². The monoisotopic (exact) mass is 814 g/mol. The summed E-state index contributed by atoms with van der Waals surface area (Å²) in [6.07, 6.45) is 13.6. The number of carbonyl (C=O) groups is 1. The number of ketones is 1. The molecule has 0 radical (unpaired) electrons. The molecule has 4 atom stereocenters. The van der Waals surface area contributed by atoms with Gasteiger partial charge in [0.05, 0.1) is 48.7 Å². The lowest BCUT2D eigenvalue weighted by atomic mass is 9.99. The molecule has 0 amide bonds. The summed E-state index contributed by atoms with van der Waals surface area (Å²) < 4.78 is 11.3. The van der Waals surface area contributed by atoms with Crippen molar-refractivity contribution in [2.24, 2.45) is 11.8 Å². The van der Waals surface area contributed by atoms with Crippen LogP contribution in [0.4, 0.5) is 11.4 Å². The first-order valence-electron chi connectivity index (χ1n) is 21.9. The first-order chi connectivity index (χ1) is 29.5. The van der Waals surface area contributed by atoms with Gasteiger partial charge < -0.3 is 29.2 Å². The molecule has 10 heterocycles. The smallest absolute Gasteiger partial charge is 0.169 e. The number of nitrogens with one attached hydrogen (secondary N) is 2. The lowest BCUT2D eigenvalue weighted by Crippen LogP contribution is -2.60. The second-order valence-electron chi connectivity index (χ2n) is 17.4. The number of aromatic nitrogens is 6. The van der Waals surface area contributed by atoms with Gasteiger partial charge in [0.25, 0.3) is 0 Å². The van der Waals surface area contributed by atoms with E-state index >= 15 is 4.79 Å². The molecule has 0 bridgehead atoms. The van der Waals surface area contributed by atoms with E-state index in [0.29, 0.717) is 17.6 Å². The number of carbonyl (C=O) groups excluding carboxylic acids is 1. The third-order valence-corrected chi connectivity index (χ3v) is 13.8. The zero-order valence-electron chi connectivity index (χ0n) is 35.0. The Kier molecular flexibility index (Phi) is 11.4. The molecule has 4 aliphatic heterocycles. The summed E-state index contributed by atoms with van der Waals surface area (Å²) in [4.78, 5) is 55.5. The molecule has 4 aliphatic rings. The van der Waals surface area contributed by atoms with Crippen molar-refractivity contribution in [3.63, 3.8) is 0 Å². The van der Waals surface area contributed by atoms with E-state index in [1.165, 1.54) is 22.1 Å². The van der Waals surface area contributed by atoms with Gasteiger partial charge in [0.2, 0.25) is 0 Å². The highest BCUT2D eigenvalue weighted by Gasteiger charge is 2.42. The summed E-state index contributed by atoms with van der Waals surface area (Å²) in [6, 6.07) is 8.15. The van der Waals surface area contributed by atoms with Gasteiger partial charge >= 0.3 is 0 Å². The van der Waals surface area contributed by atoms with Crippen molar-refractivity contribution < 1.29 is 14.3 Å². The van der Waals surface area contributed by atoms with Crippen molar-refractivity contribution in [3.8, 4) is 0 Å². The highest BCUT2D eigenvalue weighted by Crippen LogP contribution is 2.34. The van der Waals surface area contributed by atoms with Crippen LogP contribution in [0.1, 0.15) is 12.8 Å². The number of hydrogen-bond donors (Lipinski definition) is 2. The zero-order valence-corrected chi connectivity index (χ0v) is 35.0. The van der Waals surface area contributed by atoms with E-state index in [2.05, 4.69) is 83.6 Å². The number of methoxy groups -OCH3 is 2. The Labute approximate surface area is 351 Å². The van der Waals surface area contributed by atoms with Gasteiger partial charge in [0, 0.05) is 150 Å². The molecule has 6 aromatic heterocycles. The summed E-state index contributed by atoms with van der Waals surface area (Å²) in [5.74, 6) is 1.27. The number of hydrogen-bond acceptors (Lipinski definition) is 13. The molecule has 10 rings (SSSR count). The van der Waals surface area contributed by atoms with Gasteiger partial charge in [-0.25, -0.2) is 19.9 Å². The largest absolute Gasteiger partial charge is 0.384 e. The standard InChI is InChI=1S/C45H58N12O3/c1-59-29-31-7-13-56(25-31)39(27-52-15-19-54(20-16-52)37-5-11-46-35-23-50-44-33(41(35)37)3-9-48-44)43(58)40(57-14-8-32(26-57)30-60-2)28-53-17-21-55(22-18-53)38-6-12-47-36-24-51-45-34(42(36)38)4-10-49-45/h3-6,9-12,23-24,31-32,39-40,46-47H,7-8,13-22,25-30H2,1-2H3. The SMILES string of the molecule is COCC1CCN(C(CN2CCN(c3cc[nH]c4cnc5nccc5c34)CC2)C(=O)C(CN2CCN(c3cc[nH]c4cnc5nccc5c34)CC2)N2CCC(COC)C2)C1. The number of anilines is 2. The van der Waals surface area contributed by atoms with Crippen LogP contribution in [-0.2, 0) is 14.3 Å². The van der Waals surface area contributed by atoms with Crippen LogP contribution >= 0.6 is 0 Å². The van der Waals surface area contributed by atoms with Crippen LogP contribution in [0.3, 0.4) is 0 Å². The van der Waals surface area contributed by atoms with Gasteiger partial charge in [0.15, 0.2) is 17.1 Å². The lowest BCUT2D eigenvalue weighted by molar-refractivity contribution is -0.130. The lowest BCUT2D eigenvalue weighted by Gasteiger charge is -2.42. The highest BCUT2D eigenvalue weighted by molar-refractivity contribution is 6.11. The number of H-pyrrole nitrogens is 2. The third-order valence-electron chi connectivity index (χ3n) is 13.8. The van der Waals surface area contributed by atoms with Crippen LogP contribution in [0.5, 0.6) is 0 Å². The molecule has 15 nitrogen and oxygen atoms in total. The van der Waals surface area contributed by atoms with E-state index in [0.717, 1.165) is 151 Å². The van der Waals surface area contributed by atoms with Gasteiger partial charge in [-0.3, -0.25) is 24.4 Å². The third kappa shape index (κ3) is 7.71. The first-order valence-corrected chi connectivity index (χ1v) is 21.9. The zero-order chi connectivity index (χ0) is 40.6. The number of aromatic amines is 2. The Hall–Kier alpha value is -4.77. The molecule has 4 fully saturated rings. The summed E-state index contributed by atoms with van der Waals surface area (Å²) in [7, 11) is 3.59. The molecule has 0 aromatic carbocycles. The Morgan fingerprint density at radius 2 is 1.08 bits per heavy atom. The topological polar surface area (TPSA) is 138 Å². The second kappa shape index (κ2) is 17.3. The summed E-state index contributed by atoms with van der Waals surface area (Å²) >= 11 is 0. The number of fused-ring (bicyclic) bond motifs is 6. The average Bonchev–Trinajstić information content (AvgIpc) is 4.13. The molecule has 15 heteroatoms. The molecular weight excluding hydrogens is 757 g/mol. The predicted molar refractivity (Wildman–Crippen MR) is 236 cm³/mol. The minimum Gasteiger partial charge on any atom is -0.384 e. The van der Waals surface area contributed by atoms with Crippen molar-refractivity contribution >= 4 is 61.0 Å². The van der Waals surface area contributed by atoms with Crippen molar-refractivity contribution in [1.29, 1.82) is 0 Å². The fraction of sp³-hybridized carbons (Fsp3) is 0.533. The quantitative estimate of drug-likeness (QED) is 0.166. The number of ether oxygens (including phenoxy) is 2. The Morgan fingerprint density at radius 1 is 0.633 bits per heavy atom. The van der Waals surface area contributed by atoms with Crippen LogP contribution in [0.2, 0.25) is 0 Å². The fourth-order valence-electron chi connectivity index (χ4n) is 10.7. The van der Waals surface area contributed by atoms with Crippen LogP contribution in [0.15, 0.2) is 61.4 Å². The first kappa shape index (κ1) is 39.4.